The molecule has 0 bridgehead atoms. The van der Waals surface area contributed by atoms with Gasteiger partial charge in [-0.25, -0.2) is 0 Å². The van der Waals surface area contributed by atoms with Crippen molar-refractivity contribution in [1.29, 1.82) is 0 Å². The van der Waals surface area contributed by atoms with Gasteiger partial charge in [0.05, 0.1) is 5.41 Å². The van der Waals surface area contributed by atoms with Crippen molar-refractivity contribution < 1.29 is 4.79 Å². The molecule has 0 radical (unpaired) electrons. The Hall–Kier alpha value is -0.860. The Kier molecular flexibility index (Phi) is 5.55. The highest BCUT2D eigenvalue weighted by Crippen LogP contribution is 2.21. The Morgan fingerprint density at radius 2 is 1.80 bits per heavy atom. The molecule has 0 aromatic heterocycles. The minimum Gasteiger partial charge on any atom is -0.308 e. The summed E-state index contributed by atoms with van der Waals surface area (Å²) in [6.07, 6.45) is 1.03. The summed E-state index contributed by atoms with van der Waals surface area (Å²) in [5, 5.41) is 0. The average Bonchev–Trinajstić information content (AvgIpc) is 2.18. The van der Waals surface area contributed by atoms with Crippen molar-refractivity contribution >= 4 is 18.7 Å². The number of likely N-dealkylation sites (N-methyl/N-ethyl adjacent to an activating group) is 1. The fourth-order valence-electron chi connectivity index (χ4n) is 1.67. The normalized spacial score (nSPS) is 14.1. The molecule has 1 unspecified atom stereocenters. The maximum Gasteiger partial charge on any atom is 0.131 e. The third-order valence-electron chi connectivity index (χ3n) is 2.34. The number of benzene rings is 1. The van der Waals surface area contributed by atoms with E-state index in [1.807, 2.05) is 56.3 Å². The van der Waals surface area contributed by atoms with Crippen molar-refractivity contribution in [2.75, 3.05) is 20.6 Å². The summed E-state index contributed by atoms with van der Waals surface area (Å²) in [4.78, 5) is 13.2. The molecule has 1 atom stereocenters. The first kappa shape index (κ1) is 14.1. The molecular weight excluding hydrogens is 210 g/mol. The van der Waals surface area contributed by atoms with Gasteiger partial charge in [-0.3, -0.25) is 0 Å². The summed E-state index contributed by atoms with van der Waals surface area (Å²) >= 11 is 0. The SMILES string of the molecule is CN(C)CC(C)(C=O)c1ccccc1.Cl. The van der Waals surface area contributed by atoms with Crippen molar-refractivity contribution in [3.8, 4) is 0 Å². The van der Waals surface area contributed by atoms with Crippen LogP contribution in [0.4, 0.5) is 0 Å². The van der Waals surface area contributed by atoms with Gasteiger partial charge < -0.3 is 9.69 Å². The van der Waals surface area contributed by atoms with Crippen LogP contribution in [-0.4, -0.2) is 31.8 Å². The van der Waals surface area contributed by atoms with Gasteiger partial charge in [0, 0.05) is 6.54 Å². The van der Waals surface area contributed by atoms with E-state index in [-0.39, 0.29) is 12.4 Å². The first-order valence-electron chi connectivity index (χ1n) is 4.75. The van der Waals surface area contributed by atoms with Crippen LogP contribution in [0.15, 0.2) is 30.3 Å². The molecule has 1 rings (SSSR count). The second-order valence-corrected chi connectivity index (χ2v) is 4.14. The summed E-state index contributed by atoms with van der Waals surface area (Å²) in [5.41, 5.74) is 0.675. The van der Waals surface area contributed by atoms with Gasteiger partial charge >= 0.3 is 0 Å². The minimum atomic E-state index is -0.398. The van der Waals surface area contributed by atoms with E-state index in [0.717, 1.165) is 18.4 Å². The van der Waals surface area contributed by atoms with E-state index in [4.69, 9.17) is 0 Å². The van der Waals surface area contributed by atoms with Gasteiger partial charge in [0.25, 0.3) is 0 Å². The van der Waals surface area contributed by atoms with Crippen LogP contribution in [0.2, 0.25) is 0 Å². The van der Waals surface area contributed by atoms with Crippen molar-refractivity contribution in [1.82, 2.24) is 4.90 Å². The van der Waals surface area contributed by atoms with Crippen LogP contribution in [0.5, 0.6) is 0 Å². The molecule has 3 heteroatoms. The molecule has 0 heterocycles. The molecule has 0 aliphatic rings. The minimum absolute atomic E-state index is 0. The summed E-state index contributed by atoms with van der Waals surface area (Å²) in [5.74, 6) is 0. The molecule has 0 fully saturated rings. The van der Waals surface area contributed by atoms with Crippen LogP contribution < -0.4 is 0 Å². The Morgan fingerprint density at radius 3 is 2.20 bits per heavy atom. The van der Waals surface area contributed by atoms with Crippen LogP contribution in [0, 0.1) is 0 Å². The zero-order valence-electron chi connectivity index (χ0n) is 9.43. The first-order valence-corrected chi connectivity index (χ1v) is 4.75. The van der Waals surface area contributed by atoms with Gasteiger partial charge in [-0.05, 0) is 26.6 Å². The molecule has 0 aliphatic carbocycles. The maximum absolute atomic E-state index is 11.1. The van der Waals surface area contributed by atoms with Gasteiger partial charge in [-0.15, -0.1) is 12.4 Å². The van der Waals surface area contributed by atoms with Crippen LogP contribution >= 0.6 is 12.4 Å². The van der Waals surface area contributed by atoms with Gasteiger partial charge in [0.1, 0.15) is 6.29 Å². The number of nitrogens with zero attached hydrogens (tertiary/aromatic N) is 1. The largest absolute Gasteiger partial charge is 0.308 e. The topological polar surface area (TPSA) is 20.3 Å². The van der Waals surface area contributed by atoms with Crippen LogP contribution in [-0.2, 0) is 10.2 Å². The second kappa shape index (κ2) is 5.89. The predicted octanol–water partition coefficient (Wildman–Crippen LogP) is 2.13. The van der Waals surface area contributed by atoms with Gasteiger partial charge in [-0.1, -0.05) is 30.3 Å². The van der Waals surface area contributed by atoms with Crippen molar-refractivity contribution in [3.05, 3.63) is 35.9 Å². The molecule has 0 amide bonds. The monoisotopic (exact) mass is 227 g/mol. The molecule has 0 aliphatic heterocycles. The second-order valence-electron chi connectivity index (χ2n) is 4.14. The number of aldehydes is 1. The van der Waals surface area contributed by atoms with E-state index < -0.39 is 5.41 Å². The van der Waals surface area contributed by atoms with Gasteiger partial charge in [-0.2, -0.15) is 0 Å². The molecule has 1 aromatic rings. The molecule has 1 aromatic carbocycles. The summed E-state index contributed by atoms with van der Waals surface area (Å²) in [6.45, 7) is 2.70. The van der Waals surface area contributed by atoms with Crippen LogP contribution in [0.25, 0.3) is 0 Å². The molecular formula is C12H18ClNO. The Labute approximate surface area is 97.7 Å². The van der Waals surface area contributed by atoms with E-state index in [1.54, 1.807) is 0 Å². The lowest BCUT2D eigenvalue weighted by molar-refractivity contribution is -0.112. The van der Waals surface area contributed by atoms with E-state index in [9.17, 15) is 4.79 Å². The highest BCUT2D eigenvalue weighted by molar-refractivity contribution is 5.85. The standard InChI is InChI=1S/C12H17NO.ClH/c1-12(10-14,9-13(2)3)11-7-5-4-6-8-11;/h4-8,10H,9H2,1-3H3;1H. The zero-order valence-corrected chi connectivity index (χ0v) is 10.3. The molecule has 2 nitrogen and oxygen atoms in total. The lowest BCUT2D eigenvalue weighted by atomic mass is 9.84. The number of hydrogen-bond donors (Lipinski definition) is 0. The number of rotatable bonds is 4. The van der Waals surface area contributed by atoms with Crippen molar-refractivity contribution in [2.24, 2.45) is 0 Å². The maximum atomic E-state index is 11.1. The Morgan fingerprint density at radius 1 is 1.27 bits per heavy atom. The molecule has 0 saturated carbocycles. The van der Waals surface area contributed by atoms with Crippen LogP contribution in [0.3, 0.4) is 0 Å². The van der Waals surface area contributed by atoms with E-state index >= 15 is 0 Å². The van der Waals surface area contributed by atoms with Gasteiger partial charge in [0.2, 0.25) is 0 Å². The molecule has 0 N–H and O–H groups in total. The highest BCUT2D eigenvalue weighted by atomic mass is 35.5. The summed E-state index contributed by atoms with van der Waals surface area (Å²) in [7, 11) is 3.95. The van der Waals surface area contributed by atoms with Gasteiger partial charge in [0.15, 0.2) is 0 Å². The average molecular weight is 228 g/mol. The fourth-order valence-corrected chi connectivity index (χ4v) is 1.67. The van der Waals surface area contributed by atoms with E-state index in [2.05, 4.69) is 0 Å². The summed E-state index contributed by atoms with van der Waals surface area (Å²) in [6, 6.07) is 9.89. The highest BCUT2D eigenvalue weighted by Gasteiger charge is 2.26. The third kappa shape index (κ3) is 3.65. The third-order valence-corrected chi connectivity index (χ3v) is 2.34. The number of hydrogen-bond acceptors (Lipinski definition) is 2. The molecule has 84 valence electrons. The molecule has 0 spiro atoms. The molecule has 0 saturated heterocycles. The fraction of sp³-hybridized carbons (Fsp3) is 0.417. The number of carbonyl (C=O) groups is 1. The van der Waals surface area contributed by atoms with Crippen molar-refractivity contribution in [2.45, 2.75) is 12.3 Å². The summed E-state index contributed by atoms with van der Waals surface area (Å²) < 4.78 is 0. The zero-order chi connectivity index (χ0) is 10.6. The number of halogens is 1. The quantitative estimate of drug-likeness (QED) is 0.735. The lowest BCUT2D eigenvalue weighted by Crippen LogP contribution is -2.36. The lowest BCUT2D eigenvalue weighted by Gasteiger charge is -2.27. The van der Waals surface area contributed by atoms with E-state index in [0.29, 0.717) is 0 Å². The first-order chi connectivity index (χ1) is 6.58. The smallest absolute Gasteiger partial charge is 0.131 e. The van der Waals surface area contributed by atoms with Crippen LogP contribution in [0.1, 0.15) is 12.5 Å². The predicted molar refractivity (Wildman–Crippen MR) is 65.7 cm³/mol. The Balaban J connectivity index is 0.00000196. The Bertz CT molecular complexity index is 300. The number of carbonyl (C=O) groups excluding carboxylic acids is 1. The van der Waals surface area contributed by atoms with E-state index in [1.165, 1.54) is 0 Å². The molecule has 15 heavy (non-hydrogen) atoms. The van der Waals surface area contributed by atoms with Crippen molar-refractivity contribution in [3.63, 3.8) is 0 Å².